The quantitative estimate of drug-likeness (QED) is 0.581. The molecule has 5 rings (SSSR count). The second-order valence-electron chi connectivity index (χ2n) is 7.19. The van der Waals surface area contributed by atoms with Crippen LogP contribution in [0.1, 0.15) is 41.3 Å². The summed E-state index contributed by atoms with van der Waals surface area (Å²) in [7, 11) is 0. The Kier molecular flexibility index (Phi) is 3.41. The normalized spacial score (nSPS) is 17.9. The zero-order chi connectivity index (χ0) is 17.7. The molecule has 7 heteroatoms. The zero-order valence-corrected chi connectivity index (χ0v) is 14.5. The van der Waals surface area contributed by atoms with Gasteiger partial charge in [0.25, 0.3) is 5.91 Å². The van der Waals surface area contributed by atoms with E-state index in [4.69, 9.17) is 5.73 Å². The molecule has 0 atom stereocenters. The van der Waals surface area contributed by atoms with Crippen LogP contribution in [0.2, 0.25) is 0 Å². The molecule has 1 fully saturated rings. The molecule has 2 aliphatic rings. The van der Waals surface area contributed by atoms with Gasteiger partial charge in [-0.05, 0) is 49.6 Å². The fraction of sp³-hybridized carbons (Fsp3) is 0.368. The Bertz CT molecular complexity index is 997. The minimum absolute atomic E-state index is 0.0782. The van der Waals surface area contributed by atoms with E-state index in [1.165, 1.54) is 12.1 Å². The minimum Gasteiger partial charge on any atom is -0.341 e. The highest BCUT2D eigenvalue weighted by Crippen LogP contribution is 2.43. The summed E-state index contributed by atoms with van der Waals surface area (Å²) in [6.07, 6.45) is 3.55. The Balaban J connectivity index is 1.42. The maximum atomic E-state index is 12.9. The number of carbonyl (C=O) groups is 1. The van der Waals surface area contributed by atoms with Crippen LogP contribution in [0.5, 0.6) is 0 Å². The van der Waals surface area contributed by atoms with E-state index in [1.807, 2.05) is 24.3 Å². The number of carbonyl (C=O) groups excluding carboxylic acids is 1. The Morgan fingerprint density at radius 2 is 2.19 bits per heavy atom. The highest BCUT2D eigenvalue weighted by atomic mass is 16.2. The molecule has 7 nitrogen and oxygen atoms in total. The molecule has 26 heavy (non-hydrogen) atoms. The number of aromatic amines is 1. The fourth-order valence-corrected chi connectivity index (χ4v) is 4.22. The molecule has 2 aromatic heterocycles. The summed E-state index contributed by atoms with van der Waals surface area (Å²) in [5.41, 5.74) is 10.2. The second-order valence-corrected chi connectivity index (χ2v) is 7.19. The molecule has 134 valence electrons. The molecule has 3 heterocycles. The van der Waals surface area contributed by atoms with Crippen LogP contribution in [0.3, 0.4) is 0 Å². The number of aromatic nitrogens is 3. The minimum atomic E-state index is -0.0782. The van der Waals surface area contributed by atoms with Gasteiger partial charge in [-0.3, -0.25) is 4.79 Å². The van der Waals surface area contributed by atoms with E-state index in [1.54, 1.807) is 0 Å². The number of fused-ring (bicyclic) bond motifs is 3. The SMILES string of the molecule is NCc1nc2ccc(NC(=O)c3ccc4n3CCNC43CCC3)cc2[nH]1. The predicted molar refractivity (Wildman–Crippen MR) is 99.9 cm³/mol. The van der Waals surface area contributed by atoms with Crippen LogP contribution in [0.25, 0.3) is 11.0 Å². The third-order valence-corrected chi connectivity index (χ3v) is 5.69. The first-order valence-electron chi connectivity index (χ1n) is 9.14. The van der Waals surface area contributed by atoms with Gasteiger partial charge in [-0.1, -0.05) is 0 Å². The van der Waals surface area contributed by atoms with Crippen molar-refractivity contribution in [3.8, 4) is 0 Å². The first kappa shape index (κ1) is 15.6. The van der Waals surface area contributed by atoms with Crippen LogP contribution in [0.4, 0.5) is 5.69 Å². The van der Waals surface area contributed by atoms with Crippen molar-refractivity contribution in [2.75, 3.05) is 11.9 Å². The van der Waals surface area contributed by atoms with E-state index in [-0.39, 0.29) is 11.4 Å². The van der Waals surface area contributed by atoms with Gasteiger partial charge in [-0.15, -0.1) is 0 Å². The molecule has 1 aliphatic heterocycles. The molecule has 0 radical (unpaired) electrons. The number of rotatable bonds is 3. The van der Waals surface area contributed by atoms with Crippen molar-refractivity contribution in [3.63, 3.8) is 0 Å². The number of nitrogens with one attached hydrogen (secondary N) is 3. The summed E-state index contributed by atoms with van der Waals surface area (Å²) in [4.78, 5) is 20.4. The maximum Gasteiger partial charge on any atom is 0.272 e. The zero-order valence-electron chi connectivity index (χ0n) is 14.5. The molecule has 3 aromatic rings. The third kappa shape index (κ3) is 2.28. The van der Waals surface area contributed by atoms with Crippen LogP contribution >= 0.6 is 0 Å². The topological polar surface area (TPSA) is 101 Å². The number of hydrogen-bond donors (Lipinski definition) is 4. The van der Waals surface area contributed by atoms with Crippen LogP contribution in [0.15, 0.2) is 30.3 Å². The molecule has 0 unspecified atom stereocenters. The Morgan fingerprint density at radius 1 is 1.31 bits per heavy atom. The standard InChI is InChI=1S/C19H22N6O/c20-11-17-23-13-3-2-12(10-14(13)24-17)22-18(26)15-4-5-16-19(6-1-7-19)21-8-9-25(15)16/h2-5,10,21H,1,6-9,11,20H2,(H,22,26)(H,23,24). The van der Waals surface area contributed by atoms with Gasteiger partial charge in [-0.25, -0.2) is 4.98 Å². The molecular weight excluding hydrogens is 328 g/mol. The highest BCUT2D eigenvalue weighted by molar-refractivity contribution is 6.04. The number of anilines is 1. The van der Waals surface area contributed by atoms with Gasteiger partial charge in [-0.2, -0.15) is 0 Å². The Hall–Kier alpha value is -2.64. The number of nitrogens with two attached hydrogens (primary N) is 1. The van der Waals surface area contributed by atoms with Crippen LogP contribution in [0, 0.1) is 0 Å². The van der Waals surface area contributed by atoms with Crippen molar-refractivity contribution >= 4 is 22.6 Å². The molecule has 0 bridgehead atoms. The van der Waals surface area contributed by atoms with E-state index < -0.39 is 0 Å². The first-order chi connectivity index (χ1) is 12.7. The van der Waals surface area contributed by atoms with Crippen molar-refractivity contribution in [1.82, 2.24) is 19.9 Å². The number of H-pyrrole nitrogens is 1. The van der Waals surface area contributed by atoms with E-state index in [0.29, 0.717) is 6.54 Å². The van der Waals surface area contributed by atoms with E-state index >= 15 is 0 Å². The van der Waals surface area contributed by atoms with Gasteiger partial charge >= 0.3 is 0 Å². The number of hydrogen-bond acceptors (Lipinski definition) is 4. The lowest BCUT2D eigenvalue weighted by Gasteiger charge is -2.46. The first-order valence-corrected chi connectivity index (χ1v) is 9.14. The number of nitrogens with zero attached hydrogens (tertiary/aromatic N) is 2. The third-order valence-electron chi connectivity index (χ3n) is 5.69. The summed E-state index contributed by atoms with van der Waals surface area (Å²) in [6.45, 7) is 2.10. The van der Waals surface area contributed by atoms with Gasteiger partial charge in [0.1, 0.15) is 11.5 Å². The molecule has 1 saturated carbocycles. The van der Waals surface area contributed by atoms with Gasteiger partial charge < -0.3 is 25.9 Å². The molecule has 1 spiro atoms. The van der Waals surface area contributed by atoms with Crippen molar-refractivity contribution in [3.05, 3.63) is 47.5 Å². The predicted octanol–water partition coefficient (Wildman–Crippen LogP) is 2.06. The number of imidazole rings is 1. The fourth-order valence-electron chi connectivity index (χ4n) is 4.22. The largest absolute Gasteiger partial charge is 0.341 e. The summed E-state index contributed by atoms with van der Waals surface area (Å²) in [5.74, 6) is 0.660. The number of benzene rings is 1. The monoisotopic (exact) mass is 350 g/mol. The molecule has 1 aromatic carbocycles. The average molecular weight is 350 g/mol. The van der Waals surface area contributed by atoms with Gasteiger partial charge in [0.2, 0.25) is 0 Å². The molecule has 0 saturated heterocycles. The average Bonchev–Trinajstić information content (AvgIpc) is 3.23. The lowest BCUT2D eigenvalue weighted by Crippen LogP contribution is -2.53. The van der Waals surface area contributed by atoms with Gasteiger partial charge in [0.05, 0.1) is 23.1 Å². The molecule has 1 aliphatic carbocycles. The van der Waals surface area contributed by atoms with Crippen molar-refractivity contribution in [2.24, 2.45) is 5.73 Å². The van der Waals surface area contributed by atoms with E-state index in [2.05, 4.69) is 31.2 Å². The van der Waals surface area contributed by atoms with Crippen molar-refractivity contribution in [2.45, 2.75) is 37.9 Å². The Morgan fingerprint density at radius 3 is 2.96 bits per heavy atom. The smallest absolute Gasteiger partial charge is 0.272 e. The highest BCUT2D eigenvalue weighted by Gasteiger charge is 2.43. The van der Waals surface area contributed by atoms with Crippen molar-refractivity contribution in [1.29, 1.82) is 0 Å². The van der Waals surface area contributed by atoms with Gasteiger partial charge in [0.15, 0.2) is 0 Å². The lowest BCUT2D eigenvalue weighted by molar-refractivity contribution is 0.100. The second kappa shape index (κ2) is 5.69. The van der Waals surface area contributed by atoms with Crippen LogP contribution < -0.4 is 16.4 Å². The van der Waals surface area contributed by atoms with Crippen LogP contribution in [-0.2, 0) is 18.6 Å². The van der Waals surface area contributed by atoms with Crippen molar-refractivity contribution < 1.29 is 4.79 Å². The summed E-state index contributed by atoms with van der Waals surface area (Å²) in [6, 6.07) is 9.71. The summed E-state index contributed by atoms with van der Waals surface area (Å²) < 4.78 is 2.17. The van der Waals surface area contributed by atoms with Gasteiger partial charge in [0, 0.05) is 24.5 Å². The number of amides is 1. The lowest BCUT2D eigenvalue weighted by atomic mass is 9.73. The maximum absolute atomic E-state index is 12.9. The van der Waals surface area contributed by atoms with Crippen LogP contribution in [-0.4, -0.2) is 27.0 Å². The summed E-state index contributed by atoms with van der Waals surface area (Å²) in [5, 5.41) is 6.66. The molecule has 5 N–H and O–H groups in total. The van der Waals surface area contributed by atoms with E-state index in [0.717, 1.165) is 54.2 Å². The molecular formula is C19H22N6O. The van der Waals surface area contributed by atoms with E-state index in [9.17, 15) is 4.79 Å². The Labute approximate surface area is 151 Å². The molecule has 1 amide bonds. The summed E-state index contributed by atoms with van der Waals surface area (Å²) >= 11 is 0.